The lowest BCUT2D eigenvalue weighted by Crippen LogP contribution is -2.63. The SMILES string of the molecule is C#CCCC(NC(=O)C1C2C(CN1C(=O)[C@@H](NC(=O)NC1(CSc3ccccc3)CCCCC1)C(C)(C)C)C2(C)C)C(=O)C(N)=O. The summed E-state index contributed by atoms with van der Waals surface area (Å²) < 4.78 is 0. The second-order valence-electron chi connectivity index (χ2n) is 14.8. The third-order valence-electron chi connectivity index (χ3n) is 10.0. The number of thioether (sulfide) groups is 1. The fourth-order valence-electron chi connectivity index (χ4n) is 7.23. The van der Waals surface area contributed by atoms with Crippen LogP contribution in [0, 0.1) is 35.0 Å². The molecule has 1 heterocycles. The highest BCUT2D eigenvalue weighted by atomic mass is 32.2. The third-order valence-corrected chi connectivity index (χ3v) is 11.4. The number of urea groups is 1. The first-order chi connectivity index (χ1) is 21.6. The molecule has 10 nitrogen and oxygen atoms in total. The minimum Gasteiger partial charge on any atom is -0.363 e. The molecule has 5 atom stereocenters. The van der Waals surface area contributed by atoms with Crippen molar-refractivity contribution in [1.82, 2.24) is 20.9 Å². The maximum atomic E-state index is 14.3. The summed E-state index contributed by atoms with van der Waals surface area (Å²) in [6.07, 6.45) is 10.4. The minimum atomic E-state index is -1.18. The first-order valence-electron chi connectivity index (χ1n) is 16.3. The van der Waals surface area contributed by atoms with Crippen LogP contribution in [0.15, 0.2) is 35.2 Å². The predicted molar refractivity (Wildman–Crippen MR) is 178 cm³/mol. The standard InChI is InChI=1S/C35H49N5O5S/c1-7-8-17-24(27(41)29(36)42)37-30(43)26-25-23(34(25,5)6)20-40(26)31(44)28(33(2,3)4)38-32(45)39-35(18-13-10-14-19-35)21-46-22-15-11-9-12-16-22/h1,9,11-12,15-16,23-26,28H,8,10,13-14,17-21H2,2-6H3,(H2,36,42)(H,37,43)(H2,38,39,45)/t23?,24?,25?,26?,28-/m1/s1. The lowest BCUT2D eigenvalue weighted by Gasteiger charge is -2.40. The molecule has 250 valence electrons. The predicted octanol–water partition coefficient (Wildman–Crippen LogP) is 3.63. The largest absolute Gasteiger partial charge is 0.363 e. The van der Waals surface area contributed by atoms with Gasteiger partial charge in [-0.1, -0.05) is 72.1 Å². The molecule has 4 rings (SSSR count). The van der Waals surface area contributed by atoms with Crippen molar-refractivity contribution in [1.29, 1.82) is 0 Å². The van der Waals surface area contributed by atoms with Gasteiger partial charge in [-0.15, -0.1) is 24.1 Å². The lowest BCUT2D eigenvalue weighted by atomic mass is 9.83. The van der Waals surface area contributed by atoms with Gasteiger partial charge in [-0.25, -0.2) is 4.79 Å². The maximum absolute atomic E-state index is 14.3. The second kappa shape index (κ2) is 14.1. The number of carbonyl (C=O) groups excluding carboxylic acids is 5. The molecule has 0 spiro atoms. The summed E-state index contributed by atoms with van der Waals surface area (Å²) in [5, 5.41) is 8.94. The number of benzene rings is 1. The fourth-order valence-corrected chi connectivity index (χ4v) is 8.39. The molecule has 4 unspecified atom stereocenters. The Morgan fingerprint density at radius 1 is 1.07 bits per heavy atom. The Labute approximate surface area is 277 Å². The van der Waals surface area contributed by atoms with E-state index in [1.807, 2.05) is 39.0 Å². The van der Waals surface area contributed by atoms with Crippen molar-refractivity contribution in [2.45, 2.75) is 108 Å². The minimum absolute atomic E-state index is 0.0544. The third kappa shape index (κ3) is 7.88. The molecule has 46 heavy (non-hydrogen) atoms. The Bertz CT molecular complexity index is 1360. The molecular formula is C35H49N5O5S. The molecule has 1 aliphatic heterocycles. The molecule has 2 aliphatic carbocycles. The summed E-state index contributed by atoms with van der Waals surface area (Å²) in [6.45, 7) is 10.1. The number of fused-ring (bicyclic) bond motifs is 1. The number of nitrogens with one attached hydrogen (secondary N) is 3. The van der Waals surface area contributed by atoms with E-state index in [0.29, 0.717) is 6.54 Å². The van der Waals surface area contributed by atoms with Crippen LogP contribution in [0.25, 0.3) is 0 Å². The number of likely N-dealkylation sites (tertiary alicyclic amines) is 1. The number of rotatable bonds is 12. The lowest BCUT2D eigenvalue weighted by molar-refractivity contribution is -0.145. The molecular weight excluding hydrogens is 602 g/mol. The van der Waals surface area contributed by atoms with Gasteiger partial charge in [-0.3, -0.25) is 19.2 Å². The highest BCUT2D eigenvalue weighted by molar-refractivity contribution is 7.99. The van der Waals surface area contributed by atoms with Crippen molar-refractivity contribution in [3.05, 3.63) is 30.3 Å². The van der Waals surface area contributed by atoms with E-state index >= 15 is 0 Å². The average Bonchev–Trinajstić information content (AvgIpc) is 3.32. The monoisotopic (exact) mass is 651 g/mol. The Morgan fingerprint density at radius 3 is 2.30 bits per heavy atom. The number of carbonyl (C=O) groups is 5. The number of piperidine rings is 1. The van der Waals surface area contributed by atoms with E-state index in [-0.39, 0.29) is 36.0 Å². The van der Waals surface area contributed by atoms with Gasteiger partial charge in [0.05, 0.1) is 11.6 Å². The zero-order valence-electron chi connectivity index (χ0n) is 27.7. The summed E-state index contributed by atoms with van der Waals surface area (Å²) >= 11 is 1.71. The normalized spacial score (nSPS) is 24.0. The molecule has 3 fully saturated rings. The maximum Gasteiger partial charge on any atom is 0.315 e. The van der Waals surface area contributed by atoms with Gasteiger partial charge in [0.2, 0.25) is 17.6 Å². The Balaban J connectivity index is 1.52. The van der Waals surface area contributed by atoms with Crippen LogP contribution in [0.3, 0.4) is 0 Å². The van der Waals surface area contributed by atoms with Crippen LogP contribution >= 0.6 is 11.8 Å². The number of terminal acetylenes is 1. The van der Waals surface area contributed by atoms with E-state index in [9.17, 15) is 24.0 Å². The fraction of sp³-hybridized carbons (Fsp3) is 0.629. The number of nitrogens with zero attached hydrogens (tertiary/aromatic N) is 1. The summed E-state index contributed by atoms with van der Waals surface area (Å²) in [6, 6.07) is 6.72. The summed E-state index contributed by atoms with van der Waals surface area (Å²) in [5.41, 5.74) is 3.98. The molecule has 1 aromatic carbocycles. The van der Waals surface area contributed by atoms with Crippen LogP contribution in [0.1, 0.15) is 79.6 Å². The number of nitrogens with two attached hydrogens (primary N) is 1. The van der Waals surface area contributed by atoms with Gasteiger partial charge in [0.25, 0.3) is 5.91 Å². The summed E-state index contributed by atoms with van der Waals surface area (Å²) in [7, 11) is 0. The molecule has 0 bridgehead atoms. The zero-order chi connectivity index (χ0) is 33.9. The van der Waals surface area contributed by atoms with Crippen molar-refractivity contribution in [2.24, 2.45) is 28.4 Å². The smallest absolute Gasteiger partial charge is 0.315 e. The van der Waals surface area contributed by atoms with Gasteiger partial charge in [-0.05, 0) is 54.1 Å². The van der Waals surface area contributed by atoms with E-state index < -0.39 is 52.7 Å². The molecule has 1 aromatic rings. The number of Topliss-reactive ketones (excluding diaryl/α,β-unsaturated/α-hetero) is 1. The van der Waals surface area contributed by atoms with Crippen molar-refractivity contribution in [3.8, 4) is 12.3 Å². The molecule has 0 aromatic heterocycles. The highest BCUT2D eigenvalue weighted by Gasteiger charge is 2.70. The number of hydrogen-bond acceptors (Lipinski definition) is 6. The van der Waals surface area contributed by atoms with E-state index in [2.05, 4.69) is 47.9 Å². The quantitative estimate of drug-likeness (QED) is 0.154. The van der Waals surface area contributed by atoms with Gasteiger partial charge >= 0.3 is 6.03 Å². The molecule has 5 N–H and O–H groups in total. The summed E-state index contributed by atoms with van der Waals surface area (Å²) in [5.74, 6) is 0.109. The number of primary amides is 1. The topological polar surface area (TPSA) is 151 Å². The average molecular weight is 652 g/mol. The Hall–Kier alpha value is -3.52. The molecule has 5 amide bonds. The van der Waals surface area contributed by atoms with E-state index in [1.54, 1.807) is 16.7 Å². The van der Waals surface area contributed by atoms with Gasteiger partial charge < -0.3 is 26.6 Å². The number of amides is 5. The van der Waals surface area contributed by atoms with Crippen molar-refractivity contribution < 1.29 is 24.0 Å². The van der Waals surface area contributed by atoms with Crippen molar-refractivity contribution >= 4 is 41.3 Å². The van der Waals surface area contributed by atoms with E-state index in [1.165, 1.54) is 0 Å². The van der Waals surface area contributed by atoms with Gasteiger partial charge in [0, 0.05) is 23.6 Å². The number of ketones is 1. The first-order valence-corrected chi connectivity index (χ1v) is 17.2. The number of hydrogen-bond donors (Lipinski definition) is 4. The van der Waals surface area contributed by atoms with Crippen molar-refractivity contribution in [3.63, 3.8) is 0 Å². The van der Waals surface area contributed by atoms with Crippen LogP contribution < -0.4 is 21.7 Å². The molecule has 3 aliphatic rings. The highest BCUT2D eigenvalue weighted by Crippen LogP contribution is 2.65. The van der Waals surface area contributed by atoms with Crippen LogP contribution in [-0.4, -0.2) is 70.4 Å². The molecule has 2 saturated carbocycles. The van der Waals surface area contributed by atoms with Crippen LogP contribution in [0.4, 0.5) is 4.79 Å². The summed E-state index contributed by atoms with van der Waals surface area (Å²) in [4.78, 5) is 68.7. The molecule has 11 heteroatoms. The van der Waals surface area contributed by atoms with Gasteiger partial charge in [0.15, 0.2) is 0 Å². The van der Waals surface area contributed by atoms with Crippen molar-refractivity contribution in [2.75, 3.05) is 12.3 Å². The Morgan fingerprint density at radius 2 is 1.72 bits per heavy atom. The van der Waals surface area contributed by atoms with Crippen LogP contribution in [0.5, 0.6) is 0 Å². The van der Waals surface area contributed by atoms with Gasteiger partial charge in [-0.2, -0.15) is 0 Å². The zero-order valence-corrected chi connectivity index (χ0v) is 28.5. The van der Waals surface area contributed by atoms with E-state index in [4.69, 9.17) is 12.2 Å². The molecule has 0 radical (unpaired) electrons. The second-order valence-corrected chi connectivity index (χ2v) is 15.8. The van der Waals surface area contributed by atoms with Gasteiger partial charge in [0.1, 0.15) is 12.1 Å². The van der Waals surface area contributed by atoms with Crippen LogP contribution in [0.2, 0.25) is 0 Å². The van der Waals surface area contributed by atoms with E-state index in [0.717, 1.165) is 42.8 Å². The Kier molecular flexibility index (Phi) is 10.8. The first kappa shape index (κ1) is 35.3. The molecule has 1 saturated heterocycles. The van der Waals surface area contributed by atoms with Crippen LogP contribution in [-0.2, 0) is 19.2 Å².